The third kappa shape index (κ3) is 5.48. The Kier molecular flexibility index (Phi) is 7.64. The molecule has 3 heterocycles. The van der Waals surface area contributed by atoms with Crippen molar-refractivity contribution in [3.8, 4) is 67.5 Å². The molecule has 0 saturated carbocycles. The van der Waals surface area contributed by atoms with Gasteiger partial charge in [0.1, 0.15) is 11.2 Å². The minimum absolute atomic E-state index is 0.556. The van der Waals surface area contributed by atoms with Crippen LogP contribution in [0.3, 0.4) is 0 Å². The predicted molar refractivity (Wildman–Crippen MR) is 233 cm³/mol. The fourth-order valence-electron chi connectivity index (χ4n) is 7.93. The summed E-state index contributed by atoms with van der Waals surface area (Å²) in [7, 11) is 0. The van der Waals surface area contributed by atoms with Crippen LogP contribution in [0.25, 0.3) is 110 Å². The molecule has 11 rings (SSSR count). The molecule has 0 radical (unpaired) electrons. The molecule has 4 nitrogen and oxygen atoms in total. The lowest BCUT2D eigenvalue weighted by molar-refractivity contribution is 0.669. The van der Waals surface area contributed by atoms with Crippen molar-refractivity contribution in [2.45, 2.75) is 0 Å². The van der Waals surface area contributed by atoms with E-state index in [0.717, 1.165) is 66.3 Å². The number of hydrogen-bond donors (Lipinski definition) is 0. The largest absolute Gasteiger partial charge is 0.455 e. The summed E-state index contributed by atoms with van der Waals surface area (Å²) in [4.78, 5) is 16.0. The molecule has 0 saturated heterocycles. The molecular weight excluding hydrogens is 703 g/mol. The first-order valence-electron chi connectivity index (χ1n) is 18.7. The van der Waals surface area contributed by atoms with Crippen LogP contribution in [-0.2, 0) is 0 Å². The Morgan fingerprint density at radius 2 is 0.821 bits per heavy atom. The maximum Gasteiger partial charge on any atom is 0.167 e. The quantitative estimate of drug-likeness (QED) is 0.171. The second-order valence-corrected chi connectivity index (χ2v) is 15.0. The lowest BCUT2D eigenvalue weighted by Gasteiger charge is -2.13. The molecule has 3 aromatic heterocycles. The van der Waals surface area contributed by atoms with E-state index in [1.165, 1.54) is 25.9 Å². The standard InChI is InChI=1S/C51H31N3OS/c1-4-15-32(16-5-1)35-29-36(33-17-6-2-7-18-33)31-37(30-35)49-52-50(54-51(53-49)42-25-12-23-40-39-21-10-11-26-43(39)55-48(40)42)41-24-14-28-45-47(41)46-38(22-13-27-44(46)56-45)34-19-8-3-9-20-34/h1-31H. The first kappa shape index (κ1) is 32.2. The third-order valence-corrected chi connectivity index (χ3v) is 11.7. The normalized spacial score (nSPS) is 11.6. The molecule has 0 fully saturated rings. The topological polar surface area (TPSA) is 51.8 Å². The average molecular weight is 734 g/mol. The molecule has 0 aliphatic heterocycles. The van der Waals surface area contributed by atoms with Gasteiger partial charge in [-0.1, -0.05) is 146 Å². The summed E-state index contributed by atoms with van der Waals surface area (Å²) in [5, 5.41) is 4.43. The molecule has 0 amide bonds. The second-order valence-electron chi connectivity index (χ2n) is 13.9. The molecule has 11 aromatic rings. The van der Waals surface area contributed by atoms with E-state index in [9.17, 15) is 0 Å². The molecule has 0 aliphatic rings. The van der Waals surface area contributed by atoms with Crippen molar-refractivity contribution in [3.63, 3.8) is 0 Å². The highest BCUT2D eigenvalue weighted by Gasteiger charge is 2.21. The number of hydrogen-bond acceptors (Lipinski definition) is 5. The molecular formula is C51H31N3OS. The Morgan fingerprint density at radius 1 is 0.339 bits per heavy atom. The lowest BCUT2D eigenvalue weighted by Crippen LogP contribution is -2.01. The van der Waals surface area contributed by atoms with Gasteiger partial charge in [0, 0.05) is 42.1 Å². The fourth-order valence-corrected chi connectivity index (χ4v) is 9.09. The summed E-state index contributed by atoms with van der Waals surface area (Å²) >= 11 is 1.80. The minimum atomic E-state index is 0.556. The number of benzene rings is 8. The molecule has 0 unspecified atom stereocenters. The summed E-state index contributed by atoms with van der Waals surface area (Å²) in [5.74, 6) is 1.76. The number of fused-ring (bicyclic) bond motifs is 6. The third-order valence-electron chi connectivity index (χ3n) is 10.5. The molecule has 0 bridgehead atoms. The van der Waals surface area contributed by atoms with Gasteiger partial charge in [0.2, 0.25) is 0 Å². The highest BCUT2D eigenvalue weighted by atomic mass is 32.1. The Hall–Kier alpha value is -7.21. The minimum Gasteiger partial charge on any atom is -0.455 e. The number of furan rings is 1. The van der Waals surface area contributed by atoms with Crippen LogP contribution in [0.2, 0.25) is 0 Å². The smallest absolute Gasteiger partial charge is 0.167 e. The Labute approximate surface area is 327 Å². The maximum absolute atomic E-state index is 6.56. The van der Waals surface area contributed by atoms with Gasteiger partial charge in [0.15, 0.2) is 17.5 Å². The van der Waals surface area contributed by atoms with Gasteiger partial charge in [-0.2, -0.15) is 0 Å². The van der Waals surface area contributed by atoms with Crippen molar-refractivity contribution < 1.29 is 4.42 Å². The molecule has 0 N–H and O–H groups in total. The summed E-state index contributed by atoms with van der Waals surface area (Å²) < 4.78 is 8.97. The van der Waals surface area contributed by atoms with E-state index in [1.807, 2.05) is 30.3 Å². The average Bonchev–Trinajstić information content (AvgIpc) is 3.86. The Balaban J connectivity index is 1.21. The van der Waals surface area contributed by atoms with Gasteiger partial charge in [-0.25, -0.2) is 15.0 Å². The molecule has 0 atom stereocenters. The lowest BCUT2D eigenvalue weighted by atomic mass is 9.95. The monoisotopic (exact) mass is 733 g/mol. The fraction of sp³-hybridized carbons (Fsp3) is 0. The molecule has 262 valence electrons. The zero-order valence-corrected chi connectivity index (χ0v) is 30.9. The number of rotatable bonds is 6. The second kappa shape index (κ2) is 13.3. The van der Waals surface area contributed by atoms with Gasteiger partial charge < -0.3 is 4.42 Å². The van der Waals surface area contributed by atoms with Crippen molar-refractivity contribution in [2.75, 3.05) is 0 Å². The highest BCUT2D eigenvalue weighted by molar-refractivity contribution is 7.26. The van der Waals surface area contributed by atoms with Crippen LogP contribution in [0.15, 0.2) is 192 Å². The van der Waals surface area contributed by atoms with Gasteiger partial charge in [-0.05, 0) is 75.8 Å². The summed E-state index contributed by atoms with van der Waals surface area (Å²) in [6.45, 7) is 0. The van der Waals surface area contributed by atoms with E-state index < -0.39 is 0 Å². The molecule has 0 aliphatic carbocycles. The van der Waals surface area contributed by atoms with E-state index in [1.54, 1.807) is 11.3 Å². The Bertz CT molecular complexity index is 3180. The van der Waals surface area contributed by atoms with Crippen molar-refractivity contribution >= 4 is 53.4 Å². The first-order valence-corrected chi connectivity index (χ1v) is 19.5. The van der Waals surface area contributed by atoms with Crippen molar-refractivity contribution in [3.05, 3.63) is 188 Å². The van der Waals surface area contributed by atoms with Crippen LogP contribution in [0.4, 0.5) is 0 Å². The molecule has 5 heteroatoms. The van der Waals surface area contributed by atoms with E-state index in [0.29, 0.717) is 17.5 Å². The summed E-state index contributed by atoms with van der Waals surface area (Å²) in [6, 6.07) is 65.6. The molecule has 8 aromatic carbocycles. The number of nitrogens with zero attached hydrogens (tertiary/aromatic N) is 3. The summed E-state index contributed by atoms with van der Waals surface area (Å²) in [6.07, 6.45) is 0. The Morgan fingerprint density at radius 3 is 1.50 bits per heavy atom. The van der Waals surface area contributed by atoms with Crippen LogP contribution in [-0.4, -0.2) is 15.0 Å². The van der Waals surface area contributed by atoms with Crippen LogP contribution in [0.5, 0.6) is 0 Å². The zero-order valence-electron chi connectivity index (χ0n) is 30.1. The van der Waals surface area contributed by atoms with Gasteiger partial charge >= 0.3 is 0 Å². The van der Waals surface area contributed by atoms with E-state index in [2.05, 4.69) is 158 Å². The van der Waals surface area contributed by atoms with Crippen LogP contribution >= 0.6 is 11.3 Å². The van der Waals surface area contributed by atoms with E-state index in [-0.39, 0.29) is 0 Å². The maximum atomic E-state index is 6.56. The van der Waals surface area contributed by atoms with Gasteiger partial charge in [0.25, 0.3) is 0 Å². The first-order chi connectivity index (χ1) is 27.7. The molecule has 0 spiro atoms. The van der Waals surface area contributed by atoms with Crippen molar-refractivity contribution in [1.29, 1.82) is 0 Å². The van der Waals surface area contributed by atoms with E-state index >= 15 is 0 Å². The zero-order chi connectivity index (χ0) is 37.0. The van der Waals surface area contributed by atoms with Gasteiger partial charge in [-0.15, -0.1) is 11.3 Å². The summed E-state index contributed by atoms with van der Waals surface area (Å²) in [5.41, 5.74) is 11.0. The number of aromatic nitrogens is 3. The SMILES string of the molecule is c1ccc(-c2cc(-c3ccccc3)cc(-c3nc(-c4cccc5c4oc4ccccc45)nc(-c4cccc5sc6cccc(-c7ccccc7)c6c45)n3)c2)cc1. The highest BCUT2D eigenvalue weighted by Crippen LogP contribution is 2.45. The predicted octanol–water partition coefficient (Wildman–Crippen LogP) is 14.1. The van der Waals surface area contributed by atoms with Crippen molar-refractivity contribution in [2.24, 2.45) is 0 Å². The van der Waals surface area contributed by atoms with Gasteiger partial charge in [0.05, 0.1) is 5.56 Å². The molecule has 56 heavy (non-hydrogen) atoms. The number of para-hydroxylation sites is 2. The van der Waals surface area contributed by atoms with E-state index in [4.69, 9.17) is 19.4 Å². The van der Waals surface area contributed by atoms with Crippen LogP contribution < -0.4 is 0 Å². The van der Waals surface area contributed by atoms with Crippen molar-refractivity contribution in [1.82, 2.24) is 15.0 Å². The number of thiophene rings is 1. The van der Waals surface area contributed by atoms with Crippen LogP contribution in [0, 0.1) is 0 Å². The van der Waals surface area contributed by atoms with Crippen LogP contribution in [0.1, 0.15) is 0 Å². The van der Waals surface area contributed by atoms with Gasteiger partial charge in [-0.3, -0.25) is 0 Å².